The third-order valence-corrected chi connectivity index (χ3v) is 2.97. The van der Waals surface area contributed by atoms with E-state index in [4.69, 9.17) is 16.9 Å². The molecule has 0 saturated heterocycles. The number of aromatic nitrogens is 2. The Morgan fingerprint density at radius 1 is 1.58 bits per heavy atom. The molecule has 2 rings (SSSR count). The molecule has 1 aromatic heterocycles. The maximum atomic E-state index is 13.9. The van der Waals surface area contributed by atoms with Gasteiger partial charge in [-0.25, -0.2) is 4.39 Å². The van der Waals surface area contributed by atoms with E-state index in [1.165, 1.54) is 35.3 Å². The first-order chi connectivity index (χ1) is 9.04. The minimum Gasteiger partial charge on any atom is -0.292 e. The van der Waals surface area contributed by atoms with Gasteiger partial charge in [-0.3, -0.25) is 9.48 Å². The number of halogens is 2. The molecule has 1 heterocycles. The number of rotatable bonds is 3. The average molecular weight is 278 g/mol. The molecule has 1 unspecified atom stereocenters. The third kappa shape index (κ3) is 2.49. The Balaban J connectivity index is 2.43. The van der Waals surface area contributed by atoms with Crippen molar-refractivity contribution in [2.75, 3.05) is 0 Å². The lowest BCUT2D eigenvalue weighted by Crippen LogP contribution is -2.12. The van der Waals surface area contributed by atoms with Crippen LogP contribution in [-0.4, -0.2) is 15.6 Å². The summed E-state index contributed by atoms with van der Waals surface area (Å²) in [5.41, 5.74) is 0.234. The Morgan fingerprint density at radius 2 is 2.32 bits per heavy atom. The van der Waals surface area contributed by atoms with Gasteiger partial charge in [0.05, 0.1) is 22.9 Å². The van der Waals surface area contributed by atoms with Crippen LogP contribution in [0.3, 0.4) is 0 Å². The van der Waals surface area contributed by atoms with E-state index in [1.54, 1.807) is 7.05 Å². The van der Waals surface area contributed by atoms with Gasteiger partial charge in [-0.2, -0.15) is 10.4 Å². The number of benzene rings is 1. The zero-order valence-corrected chi connectivity index (χ0v) is 10.7. The Morgan fingerprint density at radius 3 is 2.89 bits per heavy atom. The fourth-order valence-electron chi connectivity index (χ4n) is 1.73. The number of nitriles is 1. The molecule has 0 aliphatic heterocycles. The summed E-state index contributed by atoms with van der Waals surface area (Å²) < 4.78 is 15.3. The van der Waals surface area contributed by atoms with Crippen LogP contribution in [0, 0.1) is 17.1 Å². The standard InChI is InChI=1S/C13H9ClFN3O/c1-18-7-8(6-17-18)13(19)10(5-16)9-3-2-4-11(14)12(9)15/h2-4,6-7,10H,1H3. The molecule has 96 valence electrons. The summed E-state index contributed by atoms with van der Waals surface area (Å²) in [6, 6.07) is 6.05. The first-order valence-corrected chi connectivity index (χ1v) is 5.78. The van der Waals surface area contributed by atoms with Gasteiger partial charge in [0.1, 0.15) is 11.7 Å². The zero-order valence-electron chi connectivity index (χ0n) is 9.97. The minimum absolute atomic E-state index is 0.0242. The number of carbonyl (C=O) groups excluding carboxylic acids is 1. The molecule has 0 fully saturated rings. The summed E-state index contributed by atoms with van der Waals surface area (Å²) in [6.45, 7) is 0. The summed E-state index contributed by atoms with van der Waals surface area (Å²) in [5.74, 6) is -2.48. The van der Waals surface area contributed by atoms with E-state index in [2.05, 4.69) is 5.10 Å². The number of hydrogen-bond donors (Lipinski definition) is 0. The van der Waals surface area contributed by atoms with E-state index in [9.17, 15) is 9.18 Å². The quantitative estimate of drug-likeness (QED) is 0.811. The summed E-state index contributed by atoms with van der Waals surface area (Å²) in [7, 11) is 1.65. The molecule has 0 spiro atoms. The maximum absolute atomic E-state index is 13.9. The molecule has 19 heavy (non-hydrogen) atoms. The second-order valence-corrected chi connectivity index (χ2v) is 4.38. The molecule has 0 radical (unpaired) electrons. The van der Waals surface area contributed by atoms with Gasteiger partial charge in [-0.1, -0.05) is 23.7 Å². The number of hydrogen-bond acceptors (Lipinski definition) is 3. The highest BCUT2D eigenvalue weighted by atomic mass is 35.5. The van der Waals surface area contributed by atoms with E-state index >= 15 is 0 Å². The van der Waals surface area contributed by atoms with E-state index in [1.807, 2.05) is 6.07 Å². The minimum atomic E-state index is -1.23. The van der Waals surface area contributed by atoms with Crippen molar-refractivity contribution in [1.29, 1.82) is 5.26 Å². The molecule has 6 heteroatoms. The number of carbonyl (C=O) groups is 1. The lowest BCUT2D eigenvalue weighted by molar-refractivity contribution is 0.0977. The van der Waals surface area contributed by atoms with Crippen LogP contribution in [-0.2, 0) is 7.05 Å². The van der Waals surface area contributed by atoms with Gasteiger partial charge in [-0.05, 0) is 6.07 Å². The molecule has 4 nitrogen and oxygen atoms in total. The molecule has 0 bridgehead atoms. The molecule has 0 saturated carbocycles. The predicted octanol–water partition coefficient (Wildman–Crippen LogP) is 2.70. The lowest BCUT2D eigenvalue weighted by Gasteiger charge is -2.09. The highest BCUT2D eigenvalue weighted by Gasteiger charge is 2.26. The second kappa shape index (κ2) is 5.21. The van der Waals surface area contributed by atoms with Crippen LogP contribution < -0.4 is 0 Å². The van der Waals surface area contributed by atoms with Gasteiger partial charge in [0, 0.05) is 18.8 Å². The first kappa shape index (κ1) is 13.2. The van der Waals surface area contributed by atoms with Crippen molar-refractivity contribution < 1.29 is 9.18 Å². The van der Waals surface area contributed by atoms with Gasteiger partial charge in [-0.15, -0.1) is 0 Å². The first-order valence-electron chi connectivity index (χ1n) is 5.41. The SMILES string of the molecule is Cn1cc(C(=O)C(C#N)c2cccc(Cl)c2F)cn1. The Labute approximate surface area is 114 Å². The summed E-state index contributed by atoms with van der Waals surface area (Å²) in [4.78, 5) is 12.2. The Bertz CT molecular complexity index is 675. The van der Waals surface area contributed by atoms with Crippen molar-refractivity contribution in [2.45, 2.75) is 5.92 Å². The lowest BCUT2D eigenvalue weighted by atomic mass is 9.93. The van der Waals surface area contributed by atoms with Gasteiger partial charge < -0.3 is 0 Å². The van der Waals surface area contributed by atoms with Crippen LogP contribution in [0.5, 0.6) is 0 Å². The van der Waals surface area contributed by atoms with Crippen molar-refractivity contribution in [3.05, 3.63) is 52.6 Å². The van der Waals surface area contributed by atoms with Crippen LogP contribution in [0.1, 0.15) is 21.8 Å². The van der Waals surface area contributed by atoms with Gasteiger partial charge >= 0.3 is 0 Å². The Hall–Kier alpha value is -2.19. The number of Topliss-reactive ketones (excluding diaryl/α,β-unsaturated/α-hetero) is 1. The van der Waals surface area contributed by atoms with Gasteiger partial charge in [0.25, 0.3) is 0 Å². The van der Waals surface area contributed by atoms with Crippen LogP contribution in [0.2, 0.25) is 5.02 Å². The third-order valence-electron chi connectivity index (χ3n) is 2.67. The van der Waals surface area contributed by atoms with E-state index < -0.39 is 17.5 Å². The molecule has 0 aliphatic carbocycles. The molecule has 2 aromatic rings. The maximum Gasteiger partial charge on any atom is 0.187 e. The van der Waals surface area contributed by atoms with E-state index in [-0.39, 0.29) is 16.1 Å². The van der Waals surface area contributed by atoms with Crippen molar-refractivity contribution in [2.24, 2.45) is 7.05 Å². The van der Waals surface area contributed by atoms with Crippen molar-refractivity contribution >= 4 is 17.4 Å². The summed E-state index contributed by atoms with van der Waals surface area (Å²) >= 11 is 5.66. The molecule has 1 atom stereocenters. The fourth-order valence-corrected chi connectivity index (χ4v) is 1.91. The van der Waals surface area contributed by atoms with E-state index in [0.717, 1.165) is 0 Å². The predicted molar refractivity (Wildman–Crippen MR) is 67.3 cm³/mol. The number of aryl methyl sites for hydroxylation is 1. The van der Waals surface area contributed by atoms with Gasteiger partial charge in [0.2, 0.25) is 0 Å². The van der Waals surface area contributed by atoms with Crippen LogP contribution in [0.4, 0.5) is 4.39 Å². The molecule has 0 aliphatic rings. The fraction of sp³-hybridized carbons (Fsp3) is 0.154. The average Bonchev–Trinajstić information content (AvgIpc) is 2.82. The molecular weight excluding hydrogens is 269 g/mol. The second-order valence-electron chi connectivity index (χ2n) is 3.97. The topological polar surface area (TPSA) is 58.7 Å². The molecular formula is C13H9ClFN3O. The van der Waals surface area contributed by atoms with Crippen molar-refractivity contribution in [3.8, 4) is 6.07 Å². The van der Waals surface area contributed by atoms with Crippen LogP contribution in [0.25, 0.3) is 0 Å². The zero-order chi connectivity index (χ0) is 14.0. The normalized spacial score (nSPS) is 11.9. The van der Waals surface area contributed by atoms with Crippen LogP contribution >= 0.6 is 11.6 Å². The number of nitrogens with zero attached hydrogens (tertiary/aromatic N) is 3. The number of ketones is 1. The van der Waals surface area contributed by atoms with E-state index in [0.29, 0.717) is 0 Å². The largest absolute Gasteiger partial charge is 0.292 e. The Kier molecular flexibility index (Phi) is 3.63. The molecule has 0 amide bonds. The van der Waals surface area contributed by atoms with Crippen molar-refractivity contribution in [1.82, 2.24) is 9.78 Å². The summed E-state index contributed by atoms with van der Waals surface area (Å²) in [6.07, 6.45) is 2.82. The van der Waals surface area contributed by atoms with Crippen molar-refractivity contribution in [3.63, 3.8) is 0 Å². The van der Waals surface area contributed by atoms with Gasteiger partial charge in [0.15, 0.2) is 5.78 Å². The molecule has 1 aromatic carbocycles. The smallest absolute Gasteiger partial charge is 0.187 e. The highest BCUT2D eigenvalue weighted by Crippen LogP contribution is 2.27. The highest BCUT2D eigenvalue weighted by molar-refractivity contribution is 6.30. The van der Waals surface area contributed by atoms with Crippen LogP contribution in [0.15, 0.2) is 30.6 Å². The molecule has 0 N–H and O–H groups in total. The summed E-state index contributed by atoms with van der Waals surface area (Å²) in [5, 5.41) is 12.9. The monoisotopic (exact) mass is 277 g/mol.